The van der Waals surface area contributed by atoms with E-state index < -0.39 is 4.92 Å². The Morgan fingerprint density at radius 2 is 1.96 bits per heavy atom. The van der Waals surface area contributed by atoms with E-state index in [2.05, 4.69) is 10.2 Å². The van der Waals surface area contributed by atoms with E-state index in [4.69, 9.17) is 4.74 Å². The molecule has 3 aliphatic heterocycles. The van der Waals surface area contributed by atoms with Crippen molar-refractivity contribution < 1.29 is 31.3 Å². The van der Waals surface area contributed by atoms with E-state index in [0.717, 1.165) is 43.8 Å². The molecule has 0 saturated carbocycles. The van der Waals surface area contributed by atoms with Crippen molar-refractivity contribution in [3.63, 3.8) is 0 Å². The number of carbonyl (C=O) groups is 1. The number of non-ortho nitro benzene ring substituents is 1. The Hall–Kier alpha value is -1.90. The highest BCUT2D eigenvalue weighted by Gasteiger charge is 2.39. The van der Waals surface area contributed by atoms with Crippen molar-refractivity contribution in [2.24, 2.45) is 0 Å². The molecule has 9 heteroatoms. The summed E-state index contributed by atoms with van der Waals surface area (Å²) >= 11 is 0. The molecular weight excluding hydrogens is 336 g/mol. The molecule has 0 unspecified atom stereocenters. The molecule has 3 saturated heterocycles. The van der Waals surface area contributed by atoms with Crippen LogP contribution in [0.15, 0.2) is 18.2 Å². The first-order valence-corrected chi connectivity index (χ1v) is 7.71. The molecule has 4 rings (SSSR count). The van der Waals surface area contributed by atoms with Gasteiger partial charge in [-0.2, -0.15) is 0 Å². The predicted molar refractivity (Wildman–Crippen MR) is 84.4 cm³/mol. The van der Waals surface area contributed by atoms with Gasteiger partial charge in [-0.1, -0.05) is 0 Å². The summed E-state index contributed by atoms with van der Waals surface area (Å²) in [6.07, 6.45) is 0. The van der Waals surface area contributed by atoms with E-state index in [-0.39, 0.29) is 24.0 Å². The number of anilines is 1. The first-order valence-electron chi connectivity index (χ1n) is 7.71. The number of benzene rings is 1. The number of halogens is 1. The van der Waals surface area contributed by atoms with Crippen LogP contribution in [-0.4, -0.2) is 73.1 Å². The second kappa shape index (κ2) is 7.33. The fraction of sp³-hybridized carbons (Fsp3) is 0.533. The van der Waals surface area contributed by atoms with Crippen molar-refractivity contribution in [1.29, 1.82) is 0 Å². The maximum absolute atomic E-state index is 12.4. The lowest BCUT2D eigenvalue weighted by Gasteiger charge is -2.50. The lowest BCUT2D eigenvalue weighted by molar-refractivity contribution is -0.933. The number of nitro benzene ring substituents is 1. The summed E-state index contributed by atoms with van der Waals surface area (Å²) in [5, 5.41) is 13.6. The Labute approximate surface area is 146 Å². The van der Waals surface area contributed by atoms with Crippen LogP contribution in [0.25, 0.3) is 0 Å². The van der Waals surface area contributed by atoms with Gasteiger partial charge in [-0.25, -0.2) is 0 Å². The summed E-state index contributed by atoms with van der Waals surface area (Å²) in [5.41, 5.74) is 0.408. The number of amides is 1. The number of piperazine rings is 3. The highest BCUT2D eigenvalue weighted by atomic mass is 35.5. The quantitative estimate of drug-likeness (QED) is 0.364. The average Bonchev–Trinajstić information content (AvgIpc) is 2.56. The molecule has 3 fully saturated rings. The summed E-state index contributed by atoms with van der Waals surface area (Å²) in [7, 11) is 1.43. The number of hydrogen-bond acceptors (Lipinski definition) is 5. The van der Waals surface area contributed by atoms with Crippen LogP contribution in [0.5, 0.6) is 5.75 Å². The van der Waals surface area contributed by atoms with Gasteiger partial charge in [-0.15, -0.1) is 0 Å². The first-order chi connectivity index (χ1) is 11.0. The Bertz CT molecular complexity index is 618. The van der Waals surface area contributed by atoms with Gasteiger partial charge in [0.05, 0.1) is 43.4 Å². The van der Waals surface area contributed by atoms with E-state index in [1.54, 1.807) is 0 Å². The van der Waals surface area contributed by atoms with Gasteiger partial charge in [0.1, 0.15) is 5.75 Å². The summed E-state index contributed by atoms with van der Waals surface area (Å²) in [6, 6.07) is 4.20. The third-order valence-corrected chi connectivity index (χ3v) is 4.82. The number of methoxy groups -OCH3 is 1. The van der Waals surface area contributed by atoms with Gasteiger partial charge in [-0.05, 0) is 6.07 Å². The van der Waals surface area contributed by atoms with Crippen LogP contribution in [0, 0.1) is 10.1 Å². The van der Waals surface area contributed by atoms with Gasteiger partial charge < -0.3 is 26.9 Å². The molecule has 0 spiro atoms. The average molecular weight is 357 g/mol. The number of nitro groups is 1. The fourth-order valence-corrected chi connectivity index (χ4v) is 3.36. The van der Waals surface area contributed by atoms with E-state index in [9.17, 15) is 14.9 Å². The van der Waals surface area contributed by atoms with Crippen LogP contribution >= 0.6 is 0 Å². The van der Waals surface area contributed by atoms with E-state index in [1.165, 1.54) is 25.3 Å². The zero-order valence-electron chi connectivity index (χ0n) is 13.5. The summed E-state index contributed by atoms with van der Waals surface area (Å²) in [5.74, 6) is 0.225. The Kier molecular flexibility index (Phi) is 5.63. The van der Waals surface area contributed by atoms with Crippen molar-refractivity contribution in [3.8, 4) is 5.75 Å². The molecule has 1 N–H and O–H groups in total. The van der Waals surface area contributed by atoms with Crippen molar-refractivity contribution >= 4 is 17.3 Å². The number of nitrogens with zero attached hydrogens (tertiary/aromatic N) is 3. The van der Waals surface area contributed by atoms with Crippen LogP contribution in [0.1, 0.15) is 0 Å². The van der Waals surface area contributed by atoms with Crippen LogP contribution in [0.3, 0.4) is 0 Å². The second-order valence-electron chi connectivity index (χ2n) is 6.20. The van der Waals surface area contributed by atoms with Crippen molar-refractivity contribution in [2.75, 3.05) is 58.2 Å². The van der Waals surface area contributed by atoms with Gasteiger partial charge in [0.2, 0.25) is 0 Å². The maximum Gasteiger partial charge on any atom is 0.279 e. The van der Waals surface area contributed by atoms with Crippen molar-refractivity contribution in [3.05, 3.63) is 28.3 Å². The van der Waals surface area contributed by atoms with Gasteiger partial charge >= 0.3 is 0 Å². The number of rotatable bonds is 5. The van der Waals surface area contributed by atoms with Crippen LogP contribution < -0.4 is 22.5 Å². The molecule has 1 aromatic carbocycles. The van der Waals surface area contributed by atoms with Gasteiger partial charge in [0, 0.05) is 25.7 Å². The second-order valence-corrected chi connectivity index (χ2v) is 6.20. The summed E-state index contributed by atoms with van der Waals surface area (Å²) in [6.45, 7) is 6.60. The van der Waals surface area contributed by atoms with Gasteiger partial charge in [-0.3, -0.25) is 19.8 Å². The lowest BCUT2D eigenvalue weighted by Crippen LogP contribution is -3.00. The minimum absolute atomic E-state index is 0. The van der Waals surface area contributed by atoms with Crippen LogP contribution in [-0.2, 0) is 4.79 Å². The Morgan fingerprint density at radius 1 is 1.33 bits per heavy atom. The SMILES string of the molecule is COc1cc([N+](=O)[O-])ccc1NC(=O)C[N+]12CCN(CC1)CC2.[Cl-]. The molecule has 3 aliphatic rings. The molecule has 8 nitrogen and oxygen atoms in total. The van der Waals surface area contributed by atoms with Crippen molar-refractivity contribution in [2.45, 2.75) is 0 Å². The van der Waals surface area contributed by atoms with Crippen LogP contribution in [0.4, 0.5) is 11.4 Å². The number of nitrogens with one attached hydrogen (secondary N) is 1. The molecule has 0 radical (unpaired) electrons. The minimum atomic E-state index is -0.486. The number of ether oxygens (including phenoxy) is 1. The van der Waals surface area contributed by atoms with E-state index in [1.807, 2.05) is 0 Å². The highest BCUT2D eigenvalue weighted by molar-refractivity contribution is 5.93. The Balaban J connectivity index is 0.00000208. The smallest absolute Gasteiger partial charge is 0.279 e. The monoisotopic (exact) mass is 356 g/mol. The molecule has 0 aromatic heterocycles. The molecule has 3 heterocycles. The Morgan fingerprint density at radius 3 is 2.50 bits per heavy atom. The number of carbonyl (C=O) groups excluding carboxylic acids is 1. The van der Waals surface area contributed by atoms with Gasteiger partial charge in [0.25, 0.3) is 11.6 Å². The molecule has 1 amide bonds. The summed E-state index contributed by atoms with van der Waals surface area (Å²) < 4.78 is 5.99. The number of hydrogen-bond donors (Lipinski definition) is 1. The lowest BCUT2D eigenvalue weighted by atomic mass is 10.1. The van der Waals surface area contributed by atoms with Crippen LogP contribution in [0.2, 0.25) is 0 Å². The predicted octanol–water partition coefficient (Wildman–Crippen LogP) is -2.31. The molecule has 24 heavy (non-hydrogen) atoms. The fourth-order valence-electron chi connectivity index (χ4n) is 3.36. The largest absolute Gasteiger partial charge is 1.00 e. The molecule has 1 aromatic rings. The standard InChI is InChI=1S/C15H20N4O4.ClH/c1-23-14-10-12(18(21)22)2-3-13(14)16-15(20)11-19-7-4-17(5-8-19)6-9-19;/h2-3,10H,4-9,11H2,1H3;1H. The van der Waals surface area contributed by atoms with E-state index in [0.29, 0.717) is 18.0 Å². The molecule has 0 aliphatic carbocycles. The first kappa shape index (κ1) is 18.4. The molecule has 0 atom stereocenters. The number of fused-ring (bicyclic) bond motifs is 3. The third-order valence-electron chi connectivity index (χ3n) is 4.82. The molecule has 2 bridgehead atoms. The molecular formula is C15H21ClN4O4. The zero-order chi connectivity index (χ0) is 16.4. The summed E-state index contributed by atoms with van der Waals surface area (Å²) in [4.78, 5) is 25.2. The van der Waals surface area contributed by atoms with Crippen molar-refractivity contribution in [1.82, 2.24) is 4.90 Å². The topological polar surface area (TPSA) is 84.7 Å². The molecule has 132 valence electrons. The minimum Gasteiger partial charge on any atom is -1.00 e. The third kappa shape index (κ3) is 3.77. The zero-order valence-corrected chi connectivity index (χ0v) is 14.3. The van der Waals surface area contributed by atoms with Gasteiger partial charge in [0.15, 0.2) is 6.54 Å². The normalized spacial score (nSPS) is 24.8. The maximum atomic E-state index is 12.4. The highest BCUT2D eigenvalue weighted by Crippen LogP contribution is 2.29. The number of quaternary nitrogens is 1. The van der Waals surface area contributed by atoms with E-state index >= 15 is 0 Å².